The molecule has 2 heterocycles. The number of nitrogens with zero attached hydrogens (tertiary/aromatic N) is 2. The third kappa shape index (κ3) is 3.62. The number of hydrogen-bond donors (Lipinski definition) is 2. The van der Waals surface area contributed by atoms with Crippen molar-refractivity contribution < 1.29 is 19.5 Å². The minimum atomic E-state index is -0.964. The predicted molar refractivity (Wildman–Crippen MR) is 103 cm³/mol. The summed E-state index contributed by atoms with van der Waals surface area (Å²) in [6.07, 6.45) is 1.90. The Labute approximate surface area is 165 Å². The van der Waals surface area contributed by atoms with E-state index in [2.05, 4.69) is 38.0 Å². The predicted octanol–water partition coefficient (Wildman–Crippen LogP) is 1.93. The Morgan fingerprint density at radius 3 is 2.32 bits per heavy atom. The summed E-state index contributed by atoms with van der Waals surface area (Å²) in [5, 5.41) is 12.4. The number of nitrogens with one attached hydrogen (secondary N) is 1. The first-order valence-electron chi connectivity index (χ1n) is 9.75. The molecule has 1 saturated carbocycles. The third-order valence-corrected chi connectivity index (χ3v) is 6.92. The van der Waals surface area contributed by atoms with Crippen molar-refractivity contribution >= 4 is 17.8 Å². The van der Waals surface area contributed by atoms with Gasteiger partial charge in [-0.25, -0.2) is 0 Å². The number of carbonyl (C=O) groups excluding carboxylic acids is 2. The number of hydrogen-bond acceptors (Lipinski definition) is 4. The minimum Gasteiger partial charge on any atom is -0.481 e. The van der Waals surface area contributed by atoms with Gasteiger partial charge in [-0.3, -0.25) is 19.4 Å². The fourth-order valence-corrected chi connectivity index (χ4v) is 4.47. The normalized spacial score (nSPS) is 25.8. The SMILES string of the molecule is CC1(C)C(C(=O)N2C[C@@H](C(=O)O)C[C@H](C(=O)NCc3ccccn3)C2)C1(C)C. The second kappa shape index (κ2) is 7.18. The topological polar surface area (TPSA) is 99.6 Å². The monoisotopic (exact) mass is 387 g/mol. The lowest BCUT2D eigenvalue weighted by Crippen LogP contribution is -2.51. The van der Waals surface area contributed by atoms with Crippen molar-refractivity contribution in [3.05, 3.63) is 30.1 Å². The van der Waals surface area contributed by atoms with Crippen LogP contribution in [0.4, 0.5) is 0 Å². The highest BCUT2D eigenvalue weighted by atomic mass is 16.4. The Bertz CT molecular complexity index is 761. The molecule has 2 atom stereocenters. The van der Waals surface area contributed by atoms with Gasteiger partial charge in [0.1, 0.15) is 0 Å². The Balaban J connectivity index is 1.69. The number of likely N-dealkylation sites (tertiary alicyclic amines) is 1. The summed E-state index contributed by atoms with van der Waals surface area (Å²) in [5.74, 6) is -2.65. The van der Waals surface area contributed by atoms with Crippen LogP contribution in [-0.4, -0.2) is 45.9 Å². The first-order chi connectivity index (χ1) is 13.1. The van der Waals surface area contributed by atoms with Crippen LogP contribution in [0.5, 0.6) is 0 Å². The molecule has 0 radical (unpaired) electrons. The second-order valence-electron chi connectivity index (χ2n) is 9.13. The average Bonchev–Trinajstić information content (AvgIpc) is 3.08. The molecule has 28 heavy (non-hydrogen) atoms. The average molecular weight is 387 g/mol. The van der Waals surface area contributed by atoms with Gasteiger partial charge in [0.25, 0.3) is 0 Å². The van der Waals surface area contributed by atoms with E-state index < -0.39 is 17.8 Å². The number of carboxylic acid groups (broad SMARTS) is 1. The van der Waals surface area contributed by atoms with E-state index in [0.717, 1.165) is 5.69 Å². The van der Waals surface area contributed by atoms with E-state index in [0.29, 0.717) is 0 Å². The van der Waals surface area contributed by atoms with E-state index in [4.69, 9.17) is 0 Å². The highest BCUT2D eigenvalue weighted by Gasteiger charge is 2.69. The van der Waals surface area contributed by atoms with E-state index in [1.807, 2.05) is 12.1 Å². The Hall–Kier alpha value is -2.44. The molecule has 0 bridgehead atoms. The van der Waals surface area contributed by atoms with Gasteiger partial charge < -0.3 is 15.3 Å². The van der Waals surface area contributed by atoms with E-state index in [9.17, 15) is 19.5 Å². The molecule has 7 heteroatoms. The molecule has 2 amide bonds. The second-order valence-corrected chi connectivity index (χ2v) is 9.13. The van der Waals surface area contributed by atoms with E-state index in [1.165, 1.54) is 0 Å². The van der Waals surface area contributed by atoms with Gasteiger partial charge in [0.2, 0.25) is 11.8 Å². The lowest BCUT2D eigenvalue weighted by molar-refractivity contribution is -0.149. The molecule has 2 aliphatic rings. The smallest absolute Gasteiger partial charge is 0.308 e. The van der Waals surface area contributed by atoms with Crippen molar-refractivity contribution in [2.75, 3.05) is 13.1 Å². The molecule has 152 valence electrons. The number of piperidine rings is 1. The summed E-state index contributed by atoms with van der Waals surface area (Å²) in [7, 11) is 0. The van der Waals surface area contributed by atoms with E-state index in [-0.39, 0.29) is 54.6 Å². The summed E-state index contributed by atoms with van der Waals surface area (Å²) in [6.45, 7) is 8.96. The van der Waals surface area contributed by atoms with E-state index in [1.54, 1.807) is 17.2 Å². The van der Waals surface area contributed by atoms with Crippen LogP contribution in [0.15, 0.2) is 24.4 Å². The number of amides is 2. The zero-order chi connectivity index (χ0) is 20.7. The van der Waals surface area contributed by atoms with Crippen LogP contribution >= 0.6 is 0 Å². The van der Waals surface area contributed by atoms with Gasteiger partial charge in [0, 0.05) is 25.2 Å². The molecule has 1 aromatic rings. The molecule has 1 aliphatic carbocycles. The molecular weight excluding hydrogens is 358 g/mol. The highest BCUT2D eigenvalue weighted by molar-refractivity contribution is 5.87. The standard InChI is InChI=1S/C21H29N3O4/c1-20(2)16(21(20,3)4)18(26)24-11-13(9-14(12-24)19(27)28)17(25)23-10-15-7-5-6-8-22-15/h5-8,13-14,16H,9-12H2,1-4H3,(H,23,25)(H,27,28)/t13-,14-/m0/s1. The number of aliphatic carboxylic acids is 1. The van der Waals surface area contributed by atoms with Crippen molar-refractivity contribution in [1.82, 2.24) is 15.2 Å². The van der Waals surface area contributed by atoms with Gasteiger partial charge in [-0.15, -0.1) is 0 Å². The fraction of sp³-hybridized carbons (Fsp3) is 0.619. The van der Waals surface area contributed by atoms with Gasteiger partial charge in [0.15, 0.2) is 0 Å². The molecule has 2 fully saturated rings. The number of aromatic nitrogens is 1. The molecule has 3 rings (SSSR count). The summed E-state index contributed by atoms with van der Waals surface area (Å²) in [5.41, 5.74) is 0.476. The largest absolute Gasteiger partial charge is 0.481 e. The molecular formula is C21H29N3O4. The third-order valence-electron chi connectivity index (χ3n) is 6.92. The quantitative estimate of drug-likeness (QED) is 0.804. The maximum atomic E-state index is 13.1. The molecule has 0 aromatic carbocycles. The molecule has 0 spiro atoms. The molecule has 1 aromatic heterocycles. The van der Waals surface area contributed by atoms with Gasteiger partial charge in [-0.1, -0.05) is 33.8 Å². The minimum absolute atomic E-state index is 0.0384. The summed E-state index contributed by atoms with van der Waals surface area (Å²) < 4.78 is 0. The molecule has 0 unspecified atom stereocenters. The van der Waals surface area contributed by atoms with Crippen LogP contribution < -0.4 is 5.32 Å². The Kier molecular flexibility index (Phi) is 5.21. The molecule has 2 N–H and O–H groups in total. The van der Waals surface area contributed by atoms with Gasteiger partial charge in [-0.05, 0) is 29.4 Å². The van der Waals surface area contributed by atoms with Crippen LogP contribution in [0.2, 0.25) is 0 Å². The van der Waals surface area contributed by atoms with E-state index >= 15 is 0 Å². The van der Waals surface area contributed by atoms with Crippen molar-refractivity contribution in [3.63, 3.8) is 0 Å². The fourth-order valence-electron chi connectivity index (χ4n) is 4.47. The summed E-state index contributed by atoms with van der Waals surface area (Å²) in [6, 6.07) is 5.46. The molecule has 7 nitrogen and oxygen atoms in total. The van der Waals surface area contributed by atoms with Crippen molar-refractivity contribution in [3.8, 4) is 0 Å². The van der Waals surface area contributed by atoms with Crippen molar-refractivity contribution in [2.45, 2.75) is 40.7 Å². The number of carbonyl (C=O) groups is 3. The molecule has 1 saturated heterocycles. The summed E-state index contributed by atoms with van der Waals surface area (Å²) >= 11 is 0. The number of carboxylic acids is 1. The van der Waals surface area contributed by atoms with Crippen LogP contribution in [0.25, 0.3) is 0 Å². The number of pyridine rings is 1. The maximum Gasteiger partial charge on any atom is 0.308 e. The van der Waals surface area contributed by atoms with Crippen molar-refractivity contribution in [1.29, 1.82) is 0 Å². The van der Waals surface area contributed by atoms with Crippen LogP contribution in [0, 0.1) is 28.6 Å². The molecule has 1 aliphatic heterocycles. The highest BCUT2D eigenvalue weighted by Crippen LogP contribution is 2.68. The van der Waals surface area contributed by atoms with Gasteiger partial charge in [-0.2, -0.15) is 0 Å². The van der Waals surface area contributed by atoms with Crippen LogP contribution in [0.3, 0.4) is 0 Å². The zero-order valence-electron chi connectivity index (χ0n) is 16.9. The maximum absolute atomic E-state index is 13.1. The van der Waals surface area contributed by atoms with Crippen LogP contribution in [0.1, 0.15) is 39.8 Å². The first kappa shape index (κ1) is 20.3. The van der Waals surface area contributed by atoms with Crippen LogP contribution in [-0.2, 0) is 20.9 Å². The summed E-state index contributed by atoms with van der Waals surface area (Å²) in [4.78, 5) is 43.2. The van der Waals surface area contributed by atoms with Crippen molar-refractivity contribution in [2.24, 2.45) is 28.6 Å². The Morgan fingerprint density at radius 1 is 1.14 bits per heavy atom. The van der Waals surface area contributed by atoms with Gasteiger partial charge >= 0.3 is 5.97 Å². The first-order valence-corrected chi connectivity index (χ1v) is 9.75. The zero-order valence-corrected chi connectivity index (χ0v) is 16.9. The lowest BCUT2D eigenvalue weighted by atomic mass is 9.88. The Morgan fingerprint density at radius 2 is 1.79 bits per heavy atom. The van der Waals surface area contributed by atoms with Gasteiger partial charge in [0.05, 0.1) is 24.1 Å². The number of rotatable bonds is 5. The lowest BCUT2D eigenvalue weighted by Gasteiger charge is -2.36.